The standard InChI is InChI=1S/C13H22N2O3/c14-11-4-2-1-3-10(11)12(16)15-9-6-5-8(7-9)13(17)18/h8-11H,1-7,14H2,(H,15,16)(H,17,18)/t8-,9+,10?,11?/m1/s1. The van der Waals surface area contributed by atoms with Gasteiger partial charge in [-0.3, -0.25) is 9.59 Å². The predicted octanol–water partition coefficient (Wildman–Crippen LogP) is 0.873. The molecule has 4 N–H and O–H groups in total. The van der Waals surface area contributed by atoms with Gasteiger partial charge in [-0.15, -0.1) is 0 Å². The molecule has 0 heterocycles. The number of amides is 1. The van der Waals surface area contributed by atoms with Gasteiger partial charge >= 0.3 is 5.97 Å². The van der Waals surface area contributed by atoms with Crippen LogP contribution in [-0.2, 0) is 9.59 Å². The second-order valence-electron chi connectivity index (χ2n) is 5.61. The highest BCUT2D eigenvalue weighted by Crippen LogP contribution is 2.27. The lowest BCUT2D eigenvalue weighted by Crippen LogP contribution is -2.46. The molecule has 4 atom stereocenters. The van der Waals surface area contributed by atoms with Crippen molar-refractivity contribution in [2.24, 2.45) is 17.6 Å². The number of nitrogens with two attached hydrogens (primary N) is 1. The highest BCUT2D eigenvalue weighted by atomic mass is 16.4. The van der Waals surface area contributed by atoms with E-state index in [2.05, 4.69) is 5.32 Å². The third-order valence-corrected chi connectivity index (χ3v) is 4.28. The van der Waals surface area contributed by atoms with Crippen LogP contribution < -0.4 is 11.1 Å². The molecule has 0 aromatic carbocycles. The van der Waals surface area contributed by atoms with Gasteiger partial charge in [-0.2, -0.15) is 0 Å². The van der Waals surface area contributed by atoms with Gasteiger partial charge in [-0.05, 0) is 32.1 Å². The number of hydrogen-bond acceptors (Lipinski definition) is 3. The van der Waals surface area contributed by atoms with Gasteiger partial charge < -0.3 is 16.2 Å². The first-order valence-electron chi connectivity index (χ1n) is 6.86. The minimum atomic E-state index is -0.749. The van der Waals surface area contributed by atoms with E-state index >= 15 is 0 Å². The Bertz CT molecular complexity index is 332. The number of carbonyl (C=O) groups is 2. The first-order chi connectivity index (χ1) is 8.58. The van der Waals surface area contributed by atoms with Crippen molar-refractivity contribution in [2.45, 2.75) is 57.0 Å². The number of rotatable bonds is 3. The molecule has 0 aromatic heterocycles. The van der Waals surface area contributed by atoms with E-state index in [-0.39, 0.29) is 29.8 Å². The topological polar surface area (TPSA) is 92.4 Å². The van der Waals surface area contributed by atoms with Crippen molar-refractivity contribution in [3.05, 3.63) is 0 Å². The van der Waals surface area contributed by atoms with Crippen molar-refractivity contribution in [3.63, 3.8) is 0 Å². The van der Waals surface area contributed by atoms with Gasteiger partial charge in [0.05, 0.1) is 11.8 Å². The molecule has 1 amide bonds. The predicted molar refractivity (Wildman–Crippen MR) is 66.8 cm³/mol. The van der Waals surface area contributed by atoms with Crippen LogP contribution in [0.15, 0.2) is 0 Å². The Morgan fingerprint density at radius 1 is 1.11 bits per heavy atom. The Labute approximate surface area is 107 Å². The third-order valence-electron chi connectivity index (χ3n) is 4.28. The van der Waals surface area contributed by atoms with E-state index in [0.717, 1.165) is 32.1 Å². The monoisotopic (exact) mass is 254 g/mol. The fourth-order valence-corrected chi connectivity index (χ4v) is 3.13. The Morgan fingerprint density at radius 3 is 2.44 bits per heavy atom. The Kier molecular flexibility index (Phi) is 4.22. The highest BCUT2D eigenvalue weighted by molar-refractivity contribution is 5.80. The molecular formula is C13H22N2O3. The molecule has 0 radical (unpaired) electrons. The molecule has 2 aliphatic rings. The van der Waals surface area contributed by atoms with Crippen LogP contribution in [-0.4, -0.2) is 29.1 Å². The van der Waals surface area contributed by atoms with Crippen molar-refractivity contribution in [2.75, 3.05) is 0 Å². The number of hydrogen-bond donors (Lipinski definition) is 3. The Morgan fingerprint density at radius 2 is 1.83 bits per heavy atom. The summed E-state index contributed by atoms with van der Waals surface area (Å²) in [5, 5.41) is 11.9. The average molecular weight is 254 g/mol. The maximum absolute atomic E-state index is 12.1. The summed E-state index contributed by atoms with van der Waals surface area (Å²) < 4.78 is 0. The van der Waals surface area contributed by atoms with Crippen molar-refractivity contribution in [1.82, 2.24) is 5.32 Å². The maximum atomic E-state index is 12.1. The molecule has 2 rings (SSSR count). The summed E-state index contributed by atoms with van der Waals surface area (Å²) in [6.45, 7) is 0. The highest BCUT2D eigenvalue weighted by Gasteiger charge is 2.34. The van der Waals surface area contributed by atoms with Crippen LogP contribution >= 0.6 is 0 Å². The molecule has 5 nitrogen and oxygen atoms in total. The number of carbonyl (C=O) groups excluding carboxylic acids is 1. The van der Waals surface area contributed by atoms with Crippen LogP contribution in [0.1, 0.15) is 44.9 Å². The summed E-state index contributed by atoms with van der Waals surface area (Å²) in [7, 11) is 0. The smallest absolute Gasteiger partial charge is 0.306 e. The summed E-state index contributed by atoms with van der Waals surface area (Å²) in [6.07, 6.45) is 5.94. The molecule has 2 unspecified atom stereocenters. The lowest BCUT2D eigenvalue weighted by atomic mass is 9.84. The molecule has 2 saturated carbocycles. The van der Waals surface area contributed by atoms with E-state index in [4.69, 9.17) is 10.8 Å². The van der Waals surface area contributed by atoms with Gasteiger partial charge in [0.1, 0.15) is 0 Å². The molecule has 0 aromatic rings. The molecule has 0 aliphatic heterocycles. The fraction of sp³-hybridized carbons (Fsp3) is 0.846. The lowest BCUT2D eigenvalue weighted by Gasteiger charge is -2.28. The Balaban J connectivity index is 1.82. The van der Waals surface area contributed by atoms with Crippen LogP contribution in [0.4, 0.5) is 0 Å². The van der Waals surface area contributed by atoms with E-state index in [1.165, 1.54) is 0 Å². The Hall–Kier alpha value is -1.10. The molecule has 0 bridgehead atoms. The summed E-state index contributed by atoms with van der Waals surface area (Å²) in [4.78, 5) is 23.0. The van der Waals surface area contributed by atoms with E-state index < -0.39 is 5.97 Å². The zero-order valence-electron chi connectivity index (χ0n) is 10.6. The minimum absolute atomic E-state index is 0.0210. The summed E-state index contributed by atoms with van der Waals surface area (Å²) in [6, 6.07) is -0.0110. The number of aliphatic carboxylic acids is 1. The van der Waals surface area contributed by atoms with E-state index in [0.29, 0.717) is 12.8 Å². The lowest BCUT2D eigenvalue weighted by molar-refractivity contribution is -0.141. The van der Waals surface area contributed by atoms with Crippen LogP contribution in [0, 0.1) is 11.8 Å². The van der Waals surface area contributed by atoms with E-state index in [9.17, 15) is 9.59 Å². The van der Waals surface area contributed by atoms with Gasteiger partial charge in [0.15, 0.2) is 0 Å². The minimum Gasteiger partial charge on any atom is -0.481 e. The van der Waals surface area contributed by atoms with Crippen molar-refractivity contribution in [1.29, 1.82) is 0 Å². The van der Waals surface area contributed by atoms with Crippen LogP contribution in [0.2, 0.25) is 0 Å². The van der Waals surface area contributed by atoms with Crippen LogP contribution in [0.25, 0.3) is 0 Å². The van der Waals surface area contributed by atoms with E-state index in [1.807, 2.05) is 0 Å². The molecule has 0 saturated heterocycles. The molecule has 2 fully saturated rings. The zero-order chi connectivity index (χ0) is 13.1. The van der Waals surface area contributed by atoms with Crippen molar-refractivity contribution >= 4 is 11.9 Å². The average Bonchev–Trinajstić information content (AvgIpc) is 2.78. The number of carboxylic acid groups (broad SMARTS) is 1. The van der Waals surface area contributed by atoms with Crippen molar-refractivity contribution < 1.29 is 14.7 Å². The molecule has 18 heavy (non-hydrogen) atoms. The molecule has 102 valence electrons. The van der Waals surface area contributed by atoms with Gasteiger partial charge in [-0.25, -0.2) is 0 Å². The summed E-state index contributed by atoms with van der Waals surface area (Å²) >= 11 is 0. The van der Waals surface area contributed by atoms with Crippen molar-refractivity contribution in [3.8, 4) is 0 Å². The van der Waals surface area contributed by atoms with Crippen LogP contribution in [0.5, 0.6) is 0 Å². The van der Waals surface area contributed by atoms with Gasteiger partial charge in [0, 0.05) is 12.1 Å². The molecule has 0 spiro atoms. The summed E-state index contributed by atoms with van der Waals surface area (Å²) in [5.41, 5.74) is 5.97. The quantitative estimate of drug-likeness (QED) is 0.697. The third kappa shape index (κ3) is 3.02. The SMILES string of the molecule is NC1CCCCC1C(=O)N[C@H]1CC[C@@H](C(=O)O)C1. The molecule has 5 heteroatoms. The van der Waals surface area contributed by atoms with Gasteiger partial charge in [-0.1, -0.05) is 12.8 Å². The molecular weight excluding hydrogens is 232 g/mol. The number of carboxylic acids is 1. The van der Waals surface area contributed by atoms with Crippen LogP contribution in [0.3, 0.4) is 0 Å². The first-order valence-corrected chi connectivity index (χ1v) is 6.86. The first kappa shape index (κ1) is 13.3. The normalized spacial score (nSPS) is 36.3. The second-order valence-corrected chi connectivity index (χ2v) is 5.61. The van der Waals surface area contributed by atoms with Gasteiger partial charge in [0.25, 0.3) is 0 Å². The maximum Gasteiger partial charge on any atom is 0.306 e. The number of nitrogens with one attached hydrogen (secondary N) is 1. The summed E-state index contributed by atoms with van der Waals surface area (Å²) in [5.74, 6) is -1.10. The van der Waals surface area contributed by atoms with Gasteiger partial charge in [0.2, 0.25) is 5.91 Å². The zero-order valence-corrected chi connectivity index (χ0v) is 10.6. The largest absolute Gasteiger partial charge is 0.481 e. The fourth-order valence-electron chi connectivity index (χ4n) is 3.13. The molecule has 2 aliphatic carbocycles. The second kappa shape index (κ2) is 5.69. The van der Waals surface area contributed by atoms with E-state index in [1.54, 1.807) is 0 Å².